The van der Waals surface area contributed by atoms with E-state index >= 15 is 0 Å². The van der Waals surface area contributed by atoms with Crippen LogP contribution in [0, 0.1) is 5.92 Å². The van der Waals surface area contributed by atoms with Gasteiger partial charge in [0, 0.05) is 6.42 Å². The van der Waals surface area contributed by atoms with Gasteiger partial charge in [0.1, 0.15) is 11.5 Å². The molecule has 0 radical (unpaired) electrons. The molecule has 0 amide bonds. The van der Waals surface area contributed by atoms with Gasteiger partial charge in [0.2, 0.25) is 0 Å². The lowest BCUT2D eigenvalue weighted by Crippen LogP contribution is -2.22. The minimum absolute atomic E-state index is 0.413. The van der Waals surface area contributed by atoms with Crippen molar-refractivity contribution in [2.45, 2.75) is 45.1 Å². The average Bonchev–Trinajstić information content (AvgIpc) is 2.65. The SMILES string of the molecule is CCc1ccc(C(CC2CCC2)NC)o1. The van der Waals surface area contributed by atoms with Crippen molar-refractivity contribution in [2.24, 2.45) is 5.92 Å². The molecule has 1 aliphatic rings. The van der Waals surface area contributed by atoms with Crippen molar-refractivity contribution in [3.63, 3.8) is 0 Å². The van der Waals surface area contributed by atoms with Crippen molar-refractivity contribution >= 4 is 0 Å². The van der Waals surface area contributed by atoms with Crippen molar-refractivity contribution in [1.82, 2.24) is 5.32 Å². The second kappa shape index (κ2) is 4.84. The van der Waals surface area contributed by atoms with Gasteiger partial charge >= 0.3 is 0 Å². The quantitative estimate of drug-likeness (QED) is 0.801. The highest BCUT2D eigenvalue weighted by Gasteiger charge is 2.23. The zero-order valence-electron chi connectivity index (χ0n) is 9.75. The van der Waals surface area contributed by atoms with Crippen LogP contribution in [0.4, 0.5) is 0 Å². The molecule has 1 aliphatic carbocycles. The van der Waals surface area contributed by atoms with E-state index in [1.807, 2.05) is 7.05 Å². The van der Waals surface area contributed by atoms with Gasteiger partial charge in [-0.05, 0) is 31.5 Å². The van der Waals surface area contributed by atoms with Crippen molar-refractivity contribution in [3.8, 4) is 0 Å². The molecule has 1 N–H and O–H groups in total. The van der Waals surface area contributed by atoms with E-state index in [1.165, 1.54) is 25.7 Å². The fraction of sp³-hybridized carbons (Fsp3) is 0.692. The lowest BCUT2D eigenvalue weighted by atomic mass is 9.80. The molecule has 1 aromatic rings. The Morgan fingerprint density at radius 1 is 1.47 bits per heavy atom. The molecule has 0 bridgehead atoms. The van der Waals surface area contributed by atoms with Crippen molar-refractivity contribution in [2.75, 3.05) is 7.05 Å². The lowest BCUT2D eigenvalue weighted by molar-refractivity contribution is 0.250. The second-order valence-electron chi connectivity index (χ2n) is 4.53. The molecule has 84 valence electrons. The van der Waals surface area contributed by atoms with Gasteiger partial charge in [-0.1, -0.05) is 26.2 Å². The average molecular weight is 207 g/mol. The highest BCUT2D eigenvalue weighted by atomic mass is 16.3. The Balaban J connectivity index is 1.97. The first kappa shape index (κ1) is 10.7. The summed E-state index contributed by atoms with van der Waals surface area (Å²) in [6.45, 7) is 2.13. The van der Waals surface area contributed by atoms with Crippen LogP contribution in [0.5, 0.6) is 0 Å². The van der Waals surface area contributed by atoms with E-state index in [-0.39, 0.29) is 0 Å². The van der Waals surface area contributed by atoms with Crippen LogP contribution in [-0.2, 0) is 6.42 Å². The molecule has 0 saturated heterocycles. The Bertz CT molecular complexity index is 301. The fourth-order valence-electron chi connectivity index (χ4n) is 2.21. The number of hydrogen-bond acceptors (Lipinski definition) is 2. The van der Waals surface area contributed by atoms with Crippen LogP contribution in [0.2, 0.25) is 0 Å². The Morgan fingerprint density at radius 3 is 2.73 bits per heavy atom. The maximum absolute atomic E-state index is 5.79. The van der Waals surface area contributed by atoms with Crippen molar-refractivity contribution < 1.29 is 4.42 Å². The Labute approximate surface area is 92.1 Å². The van der Waals surface area contributed by atoms with E-state index in [1.54, 1.807) is 0 Å². The number of rotatable bonds is 5. The number of furan rings is 1. The third kappa shape index (κ3) is 2.43. The summed E-state index contributed by atoms with van der Waals surface area (Å²) in [6, 6.07) is 4.63. The maximum Gasteiger partial charge on any atom is 0.121 e. The van der Waals surface area contributed by atoms with Crippen LogP contribution in [0.25, 0.3) is 0 Å². The van der Waals surface area contributed by atoms with Crippen LogP contribution in [0.15, 0.2) is 16.5 Å². The first-order chi connectivity index (χ1) is 7.33. The van der Waals surface area contributed by atoms with Gasteiger partial charge < -0.3 is 9.73 Å². The molecule has 1 saturated carbocycles. The Kier molecular flexibility index (Phi) is 3.47. The van der Waals surface area contributed by atoms with E-state index < -0.39 is 0 Å². The highest BCUT2D eigenvalue weighted by molar-refractivity contribution is 5.11. The Morgan fingerprint density at radius 2 is 2.27 bits per heavy atom. The monoisotopic (exact) mass is 207 g/mol. The third-order valence-corrected chi connectivity index (χ3v) is 3.52. The van der Waals surface area contributed by atoms with E-state index in [0.717, 1.165) is 23.9 Å². The number of aryl methyl sites for hydroxylation is 1. The van der Waals surface area contributed by atoms with Crippen LogP contribution in [-0.4, -0.2) is 7.05 Å². The summed E-state index contributed by atoms with van der Waals surface area (Å²) in [4.78, 5) is 0. The van der Waals surface area contributed by atoms with Crippen LogP contribution in [0.1, 0.15) is 50.2 Å². The summed E-state index contributed by atoms with van der Waals surface area (Å²) >= 11 is 0. The first-order valence-electron chi connectivity index (χ1n) is 6.09. The molecule has 2 rings (SSSR count). The van der Waals surface area contributed by atoms with Gasteiger partial charge in [-0.25, -0.2) is 0 Å². The van der Waals surface area contributed by atoms with E-state index in [9.17, 15) is 0 Å². The molecular formula is C13H21NO. The smallest absolute Gasteiger partial charge is 0.121 e. The van der Waals surface area contributed by atoms with E-state index in [0.29, 0.717) is 6.04 Å². The van der Waals surface area contributed by atoms with Gasteiger partial charge in [0.25, 0.3) is 0 Å². The van der Waals surface area contributed by atoms with E-state index in [2.05, 4.69) is 24.4 Å². The molecule has 1 heterocycles. The molecule has 0 aliphatic heterocycles. The lowest BCUT2D eigenvalue weighted by Gasteiger charge is -2.28. The standard InChI is InChI=1S/C13H21NO/c1-3-11-7-8-13(15-11)12(14-2)9-10-5-4-6-10/h7-8,10,12,14H,3-6,9H2,1-2H3. The molecule has 1 fully saturated rings. The molecule has 1 aromatic heterocycles. The van der Waals surface area contributed by atoms with Gasteiger partial charge in [0.15, 0.2) is 0 Å². The minimum atomic E-state index is 0.413. The summed E-state index contributed by atoms with van der Waals surface area (Å²) in [5, 5.41) is 3.36. The number of hydrogen-bond donors (Lipinski definition) is 1. The summed E-state index contributed by atoms with van der Waals surface area (Å²) in [6.07, 6.45) is 6.44. The third-order valence-electron chi connectivity index (χ3n) is 3.52. The molecule has 2 nitrogen and oxygen atoms in total. The predicted octanol–water partition coefficient (Wildman–Crippen LogP) is 3.29. The molecule has 0 aromatic carbocycles. The largest absolute Gasteiger partial charge is 0.464 e. The molecule has 1 unspecified atom stereocenters. The van der Waals surface area contributed by atoms with Gasteiger partial charge in [-0.3, -0.25) is 0 Å². The zero-order valence-corrected chi connectivity index (χ0v) is 9.75. The molecule has 1 atom stereocenters. The predicted molar refractivity (Wildman–Crippen MR) is 61.8 cm³/mol. The Hall–Kier alpha value is -0.760. The minimum Gasteiger partial charge on any atom is -0.464 e. The second-order valence-corrected chi connectivity index (χ2v) is 4.53. The van der Waals surface area contributed by atoms with Crippen molar-refractivity contribution in [3.05, 3.63) is 23.7 Å². The molecule has 15 heavy (non-hydrogen) atoms. The van der Waals surface area contributed by atoms with Gasteiger partial charge in [0.05, 0.1) is 6.04 Å². The summed E-state index contributed by atoms with van der Waals surface area (Å²) in [5.41, 5.74) is 0. The number of nitrogens with one attached hydrogen (secondary N) is 1. The van der Waals surface area contributed by atoms with Crippen LogP contribution in [0.3, 0.4) is 0 Å². The zero-order chi connectivity index (χ0) is 10.7. The maximum atomic E-state index is 5.79. The fourth-order valence-corrected chi connectivity index (χ4v) is 2.21. The van der Waals surface area contributed by atoms with Gasteiger partial charge in [-0.2, -0.15) is 0 Å². The first-order valence-corrected chi connectivity index (χ1v) is 6.09. The molecular weight excluding hydrogens is 186 g/mol. The van der Waals surface area contributed by atoms with Crippen molar-refractivity contribution in [1.29, 1.82) is 0 Å². The van der Waals surface area contributed by atoms with Crippen LogP contribution >= 0.6 is 0 Å². The van der Waals surface area contributed by atoms with Crippen LogP contribution < -0.4 is 5.32 Å². The summed E-state index contributed by atoms with van der Waals surface area (Å²) < 4.78 is 5.79. The van der Waals surface area contributed by atoms with Gasteiger partial charge in [-0.15, -0.1) is 0 Å². The van der Waals surface area contributed by atoms with E-state index in [4.69, 9.17) is 4.42 Å². The highest BCUT2D eigenvalue weighted by Crippen LogP contribution is 2.34. The topological polar surface area (TPSA) is 25.2 Å². The summed E-state index contributed by atoms with van der Waals surface area (Å²) in [5.74, 6) is 3.12. The molecule has 0 spiro atoms. The normalized spacial score (nSPS) is 18.8. The summed E-state index contributed by atoms with van der Waals surface area (Å²) in [7, 11) is 2.03. The molecule has 2 heteroatoms.